The molecule has 0 aromatic carbocycles. The molecule has 2 heterocycles. The van der Waals surface area contributed by atoms with Crippen LogP contribution in [-0.4, -0.2) is 39.0 Å². The van der Waals surface area contributed by atoms with Gasteiger partial charge in [-0.15, -0.1) is 0 Å². The quantitative estimate of drug-likeness (QED) is 0.834. The molecule has 0 amide bonds. The number of halogens is 1. The second-order valence-electron chi connectivity index (χ2n) is 4.03. The van der Waals surface area contributed by atoms with Gasteiger partial charge in [0.1, 0.15) is 0 Å². The molecule has 4 nitrogen and oxygen atoms in total. The van der Waals surface area contributed by atoms with Gasteiger partial charge in [0.2, 0.25) is 0 Å². The number of rotatable bonds is 3. The highest BCUT2D eigenvalue weighted by molar-refractivity contribution is 6.31. The molecule has 0 unspecified atom stereocenters. The van der Waals surface area contributed by atoms with Crippen LogP contribution in [-0.2, 0) is 20.0 Å². The SMILES string of the molecule is CCc1nn(C)c(CN2CC(O)C2)c1Cl. The summed E-state index contributed by atoms with van der Waals surface area (Å²) in [6.45, 7) is 4.30. The maximum atomic E-state index is 9.19. The van der Waals surface area contributed by atoms with E-state index in [-0.39, 0.29) is 6.10 Å². The van der Waals surface area contributed by atoms with E-state index < -0.39 is 0 Å². The fraction of sp³-hybridized carbons (Fsp3) is 0.700. The molecule has 0 aliphatic carbocycles. The Bertz CT molecular complexity index is 358. The van der Waals surface area contributed by atoms with E-state index in [0.717, 1.165) is 42.5 Å². The molecule has 1 N–H and O–H groups in total. The first kappa shape index (κ1) is 10.9. The number of aliphatic hydroxyl groups is 1. The van der Waals surface area contributed by atoms with Crippen molar-refractivity contribution in [2.45, 2.75) is 26.0 Å². The molecule has 1 saturated heterocycles. The van der Waals surface area contributed by atoms with E-state index in [1.54, 1.807) is 0 Å². The second-order valence-corrected chi connectivity index (χ2v) is 4.41. The van der Waals surface area contributed by atoms with Crippen molar-refractivity contribution in [3.05, 3.63) is 16.4 Å². The number of hydrogen-bond donors (Lipinski definition) is 1. The van der Waals surface area contributed by atoms with Crippen LogP contribution in [0, 0.1) is 0 Å². The molecule has 5 heteroatoms. The Morgan fingerprint density at radius 1 is 1.53 bits per heavy atom. The topological polar surface area (TPSA) is 41.3 Å². The lowest BCUT2D eigenvalue weighted by Gasteiger charge is -2.35. The summed E-state index contributed by atoms with van der Waals surface area (Å²) in [6.07, 6.45) is 0.692. The van der Waals surface area contributed by atoms with Gasteiger partial charge in [0.05, 0.1) is 22.5 Å². The van der Waals surface area contributed by atoms with Crippen LogP contribution in [0.4, 0.5) is 0 Å². The molecule has 0 saturated carbocycles. The van der Waals surface area contributed by atoms with Gasteiger partial charge in [0.15, 0.2) is 0 Å². The van der Waals surface area contributed by atoms with E-state index >= 15 is 0 Å². The summed E-state index contributed by atoms with van der Waals surface area (Å²) in [6, 6.07) is 0. The lowest BCUT2D eigenvalue weighted by Crippen LogP contribution is -2.50. The number of nitrogens with zero attached hydrogens (tertiary/aromatic N) is 3. The molecule has 1 aliphatic rings. The maximum absolute atomic E-state index is 9.19. The smallest absolute Gasteiger partial charge is 0.0863 e. The van der Waals surface area contributed by atoms with Crippen molar-refractivity contribution in [3.8, 4) is 0 Å². The highest BCUT2D eigenvalue weighted by Crippen LogP contribution is 2.23. The molecule has 15 heavy (non-hydrogen) atoms. The Hall–Kier alpha value is -0.580. The molecule has 0 spiro atoms. The summed E-state index contributed by atoms with van der Waals surface area (Å²) in [5.41, 5.74) is 2.00. The molecule has 84 valence electrons. The molecular formula is C10H16ClN3O. The molecular weight excluding hydrogens is 214 g/mol. The van der Waals surface area contributed by atoms with Gasteiger partial charge in [0, 0.05) is 26.7 Å². The number of aryl methyl sites for hydroxylation is 2. The third kappa shape index (κ3) is 2.02. The lowest BCUT2D eigenvalue weighted by molar-refractivity contribution is -0.00412. The van der Waals surface area contributed by atoms with Crippen LogP contribution in [0.15, 0.2) is 0 Å². The zero-order valence-corrected chi connectivity index (χ0v) is 9.83. The lowest BCUT2D eigenvalue weighted by atomic mass is 10.1. The van der Waals surface area contributed by atoms with Crippen molar-refractivity contribution in [1.29, 1.82) is 0 Å². The van der Waals surface area contributed by atoms with E-state index in [1.165, 1.54) is 0 Å². The van der Waals surface area contributed by atoms with Gasteiger partial charge in [-0.3, -0.25) is 9.58 Å². The average molecular weight is 230 g/mol. The van der Waals surface area contributed by atoms with Crippen LogP contribution in [0.2, 0.25) is 5.02 Å². The number of hydrogen-bond acceptors (Lipinski definition) is 3. The van der Waals surface area contributed by atoms with Crippen LogP contribution in [0.5, 0.6) is 0 Å². The Morgan fingerprint density at radius 2 is 2.20 bits per heavy atom. The monoisotopic (exact) mass is 229 g/mol. The fourth-order valence-corrected chi connectivity index (χ4v) is 2.23. The number of β-amino-alcohol motifs (C(OH)–C–C–N with tert-alkyl or cyclic N) is 1. The number of aromatic nitrogens is 2. The van der Waals surface area contributed by atoms with Crippen molar-refractivity contribution < 1.29 is 5.11 Å². The third-order valence-electron chi connectivity index (χ3n) is 2.81. The molecule has 0 atom stereocenters. The summed E-state index contributed by atoms with van der Waals surface area (Å²) < 4.78 is 1.84. The first-order chi connectivity index (χ1) is 7.11. The second kappa shape index (κ2) is 4.12. The van der Waals surface area contributed by atoms with E-state index in [9.17, 15) is 5.11 Å². The van der Waals surface area contributed by atoms with Gasteiger partial charge in [-0.2, -0.15) is 5.10 Å². The normalized spacial score (nSPS) is 18.1. The van der Waals surface area contributed by atoms with Gasteiger partial charge < -0.3 is 5.11 Å². The first-order valence-electron chi connectivity index (χ1n) is 5.22. The highest BCUT2D eigenvalue weighted by Gasteiger charge is 2.26. The van der Waals surface area contributed by atoms with E-state index in [1.807, 2.05) is 18.7 Å². The minimum absolute atomic E-state index is 0.164. The summed E-state index contributed by atoms with van der Waals surface area (Å²) in [4.78, 5) is 2.16. The molecule has 1 aromatic rings. The Kier molecular flexibility index (Phi) is 3.00. The third-order valence-corrected chi connectivity index (χ3v) is 3.25. The summed E-state index contributed by atoms with van der Waals surface area (Å²) in [5, 5.41) is 14.3. The van der Waals surface area contributed by atoms with Crippen molar-refractivity contribution >= 4 is 11.6 Å². The largest absolute Gasteiger partial charge is 0.390 e. The molecule has 0 bridgehead atoms. The zero-order chi connectivity index (χ0) is 11.0. The molecule has 0 radical (unpaired) electrons. The predicted molar refractivity (Wildman–Crippen MR) is 58.9 cm³/mol. The summed E-state index contributed by atoms with van der Waals surface area (Å²) in [7, 11) is 1.91. The van der Waals surface area contributed by atoms with Crippen LogP contribution in [0.3, 0.4) is 0 Å². The van der Waals surface area contributed by atoms with Gasteiger partial charge in [-0.25, -0.2) is 0 Å². The van der Waals surface area contributed by atoms with E-state index in [4.69, 9.17) is 11.6 Å². The maximum Gasteiger partial charge on any atom is 0.0863 e. The van der Waals surface area contributed by atoms with Crippen molar-refractivity contribution in [2.24, 2.45) is 7.05 Å². The van der Waals surface area contributed by atoms with E-state index in [2.05, 4.69) is 10.00 Å². The van der Waals surface area contributed by atoms with Crippen LogP contribution >= 0.6 is 11.6 Å². The minimum atomic E-state index is -0.164. The average Bonchev–Trinajstić information content (AvgIpc) is 2.42. The highest BCUT2D eigenvalue weighted by atomic mass is 35.5. The molecule has 2 rings (SSSR count). The zero-order valence-electron chi connectivity index (χ0n) is 9.07. The Labute approximate surface area is 94.4 Å². The van der Waals surface area contributed by atoms with Crippen LogP contribution in [0.25, 0.3) is 0 Å². The van der Waals surface area contributed by atoms with Gasteiger partial charge in [-0.05, 0) is 6.42 Å². The van der Waals surface area contributed by atoms with E-state index in [0.29, 0.717) is 0 Å². The van der Waals surface area contributed by atoms with Crippen LogP contribution in [0.1, 0.15) is 18.3 Å². The molecule has 1 aromatic heterocycles. The standard InChI is InChI=1S/C10H16ClN3O/c1-3-8-10(11)9(13(2)12-8)6-14-4-7(15)5-14/h7,15H,3-6H2,1-2H3. The summed E-state index contributed by atoms with van der Waals surface area (Å²) in [5.74, 6) is 0. The molecule has 1 aliphatic heterocycles. The number of likely N-dealkylation sites (tertiary alicyclic amines) is 1. The fourth-order valence-electron chi connectivity index (χ4n) is 1.88. The van der Waals surface area contributed by atoms with Crippen molar-refractivity contribution in [2.75, 3.05) is 13.1 Å². The first-order valence-corrected chi connectivity index (χ1v) is 5.60. The van der Waals surface area contributed by atoms with Gasteiger partial charge in [0.25, 0.3) is 0 Å². The van der Waals surface area contributed by atoms with Crippen LogP contribution < -0.4 is 0 Å². The van der Waals surface area contributed by atoms with Crippen molar-refractivity contribution in [3.63, 3.8) is 0 Å². The Balaban J connectivity index is 2.10. The number of aliphatic hydroxyl groups excluding tert-OH is 1. The Morgan fingerprint density at radius 3 is 2.67 bits per heavy atom. The molecule has 1 fully saturated rings. The predicted octanol–water partition coefficient (Wildman–Crippen LogP) is 0.812. The van der Waals surface area contributed by atoms with Crippen molar-refractivity contribution in [1.82, 2.24) is 14.7 Å². The van der Waals surface area contributed by atoms with Gasteiger partial charge in [-0.1, -0.05) is 18.5 Å². The summed E-state index contributed by atoms with van der Waals surface area (Å²) >= 11 is 6.22. The van der Waals surface area contributed by atoms with Gasteiger partial charge >= 0.3 is 0 Å². The minimum Gasteiger partial charge on any atom is -0.390 e.